The number of amides is 1. The quantitative estimate of drug-likeness (QED) is 0.330. The number of para-hydroxylation sites is 1. The van der Waals surface area contributed by atoms with Crippen molar-refractivity contribution >= 4 is 34.4 Å². The largest absolute Gasteiger partial charge is 0.476 e. The minimum absolute atomic E-state index is 0.239. The van der Waals surface area contributed by atoms with Crippen molar-refractivity contribution in [3.8, 4) is 5.06 Å². The number of benzene rings is 1. The summed E-state index contributed by atoms with van der Waals surface area (Å²) in [6.07, 6.45) is -1.71. The van der Waals surface area contributed by atoms with Crippen LogP contribution >= 0.6 is 11.3 Å². The Hall–Kier alpha value is -3.25. The van der Waals surface area contributed by atoms with Crippen molar-refractivity contribution in [3.05, 3.63) is 46.7 Å². The average molecular weight is 605 g/mol. The molecule has 0 saturated carbocycles. The molecule has 1 saturated heterocycles. The van der Waals surface area contributed by atoms with E-state index in [1.54, 1.807) is 36.8 Å². The molecular formula is C30H38F2N4O5S. The molecule has 9 nitrogen and oxygen atoms in total. The monoisotopic (exact) mass is 604 g/mol. The first kappa shape index (κ1) is 30.2. The molecule has 12 heteroatoms. The minimum Gasteiger partial charge on any atom is -0.476 e. The number of thiazole rings is 1. The number of hydrogen-bond donors (Lipinski definition) is 0. The molecule has 0 spiro atoms. The van der Waals surface area contributed by atoms with Crippen LogP contribution in [-0.2, 0) is 15.9 Å². The number of fused-ring (bicyclic) bond motifs is 3. The lowest BCUT2D eigenvalue weighted by Crippen LogP contribution is -2.57. The van der Waals surface area contributed by atoms with E-state index >= 15 is 0 Å². The Bertz CT molecular complexity index is 1470. The lowest BCUT2D eigenvalue weighted by atomic mass is 9.92. The van der Waals surface area contributed by atoms with Gasteiger partial charge in [0.1, 0.15) is 28.4 Å². The SMILES string of the molecule is C[C@@H]1Cc2c(n(C(=O)OC(C)(C)C)c3ccccc23)[C@@H](c2ncc(OC3CN(C(=O)OC(C)(C)C)C3)s2)N1CC(F)F. The number of aromatic nitrogens is 2. The molecule has 0 aliphatic carbocycles. The van der Waals surface area contributed by atoms with Gasteiger partial charge in [-0.2, -0.15) is 0 Å². The fourth-order valence-corrected chi connectivity index (χ4v) is 6.43. The van der Waals surface area contributed by atoms with E-state index in [0.29, 0.717) is 40.8 Å². The normalized spacial score (nSPS) is 20.0. The molecule has 228 valence electrons. The molecule has 2 aliphatic rings. The Kier molecular flexibility index (Phi) is 7.99. The molecule has 42 heavy (non-hydrogen) atoms. The van der Waals surface area contributed by atoms with Crippen LogP contribution in [0.4, 0.5) is 18.4 Å². The first-order chi connectivity index (χ1) is 19.6. The van der Waals surface area contributed by atoms with E-state index in [-0.39, 0.29) is 12.1 Å². The predicted molar refractivity (Wildman–Crippen MR) is 156 cm³/mol. The number of carbonyl (C=O) groups excluding carboxylic acids is 2. The van der Waals surface area contributed by atoms with Gasteiger partial charge in [-0.15, -0.1) is 0 Å². The molecule has 2 aliphatic heterocycles. The fraction of sp³-hybridized carbons (Fsp3) is 0.567. The number of carbonyl (C=O) groups is 2. The van der Waals surface area contributed by atoms with Gasteiger partial charge in [0.15, 0.2) is 5.06 Å². The first-order valence-electron chi connectivity index (χ1n) is 14.1. The van der Waals surface area contributed by atoms with Gasteiger partial charge in [0.05, 0.1) is 37.0 Å². The Labute approximate surface area is 248 Å². The minimum atomic E-state index is -2.58. The molecule has 1 fully saturated rings. The van der Waals surface area contributed by atoms with Gasteiger partial charge in [0.25, 0.3) is 6.43 Å². The maximum absolute atomic E-state index is 14.0. The highest BCUT2D eigenvalue weighted by molar-refractivity contribution is 7.13. The van der Waals surface area contributed by atoms with E-state index in [1.807, 2.05) is 52.0 Å². The zero-order valence-electron chi connectivity index (χ0n) is 25.0. The summed E-state index contributed by atoms with van der Waals surface area (Å²) in [6, 6.07) is 6.59. The summed E-state index contributed by atoms with van der Waals surface area (Å²) in [5, 5.41) is 1.93. The Morgan fingerprint density at radius 2 is 1.69 bits per heavy atom. The molecule has 0 radical (unpaired) electrons. The number of alkyl halides is 2. The molecule has 1 aromatic carbocycles. The molecule has 5 rings (SSSR count). The van der Waals surface area contributed by atoms with E-state index in [2.05, 4.69) is 4.98 Å². The average Bonchev–Trinajstić information content (AvgIpc) is 3.41. The highest BCUT2D eigenvalue weighted by Crippen LogP contribution is 2.45. The van der Waals surface area contributed by atoms with Crippen LogP contribution in [0.3, 0.4) is 0 Å². The smallest absolute Gasteiger partial charge is 0.419 e. The zero-order chi connectivity index (χ0) is 30.6. The summed E-state index contributed by atoms with van der Waals surface area (Å²) < 4.78 is 46.7. The van der Waals surface area contributed by atoms with Crippen LogP contribution in [0.2, 0.25) is 0 Å². The number of rotatable bonds is 5. The highest BCUT2D eigenvalue weighted by atomic mass is 32.1. The van der Waals surface area contributed by atoms with Gasteiger partial charge >= 0.3 is 12.2 Å². The molecule has 2 atom stereocenters. The van der Waals surface area contributed by atoms with Gasteiger partial charge < -0.3 is 19.1 Å². The molecular weight excluding hydrogens is 566 g/mol. The second kappa shape index (κ2) is 11.1. The summed E-state index contributed by atoms with van der Waals surface area (Å²) in [7, 11) is 0. The molecule has 0 bridgehead atoms. The summed E-state index contributed by atoms with van der Waals surface area (Å²) in [4.78, 5) is 33.9. The van der Waals surface area contributed by atoms with Crippen molar-refractivity contribution in [2.45, 2.75) is 90.7 Å². The number of likely N-dealkylation sites (tertiary alicyclic amines) is 1. The molecule has 2 aromatic heterocycles. The standard InChI is InChI=1S/C30H38F2N4O5S/c1-17-12-20-19-10-8-9-11-21(19)36(28(38)41-30(5,6)7)24(20)25(35(17)16-22(31)32)26-33-13-23(42-26)39-18-14-34(15-18)27(37)40-29(2,3)4/h8-11,13,17-18,22,25H,12,14-16H2,1-7H3/t17-,25+/m1/s1. The van der Waals surface area contributed by atoms with E-state index in [4.69, 9.17) is 14.2 Å². The van der Waals surface area contributed by atoms with E-state index in [0.717, 1.165) is 10.9 Å². The molecule has 1 amide bonds. The third-order valence-electron chi connectivity index (χ3n) is 7.12. The van der Waals surface area contributed by atoms with Gasteiger partial charge in [0, 0.05) is 11.4 Å². The molecule has 0 N–H and O–H groups in total. The van der Waals surface area contributed by atoms with Crippen LogP contribution in [0.5, 0.6) is 5.06 Å². The van der Waals surface area contributed by atoms with Crippen LogP contribution in [0.15, 0.2) is 30.5 Å². The van der Waals surface area contributed by atoms with Crippen molar-refractivity contribution in [2.24, 2.45) is 0 Å². The van der Waals surface area contributed by atoms with E-state index in [9.17, 15) is 18.4 Å². The van der Waals surface area contributed by atoms with Crippen LogP contribution in [0, 0.1) is 0 Å². The molecule has 4 heterocycles. The highest BCUT2D eigenvalue weighted by Gasteiger charge is 2.42. The number of nitrogens with zero attached hydrogens (tertiary/aromatic N) is 4. The Balaban J connectivity index is 1.49. The van der Waals surface area contributed by atoms with E-state index in [1.165, 1.54) is 15.9 Å². The number of hydrogen-bond acceptors (Lipinski definition) is 8. The Morgan fingerprint density at radius 3 is 2.33 bits per heavy atom. The predicted octanol–water partition coefficient (Wildman–Crippen LogP) is 6.48. The van der Waals surface area contributed by atoms with Crippen molar-refractivity contribution < 1.29 is 32.6 Å². The van der Waals surface area contributed by atoms with Crippen molar-refractivity contribution in [2.75, 3.05) is 19.6 Å². The second-order valence-electron chi connectivity index (χ2n) is 12.9. The zero-order valence-corrected chi connectivity index (χ0v) is 25.8. The number of halogens is 2. The van der Waals surface area contributed by atoms with Gasteiger partial charge in [-0.05, 0) is 66.5 Å². The maximum Gasteiger partial charge on any atom is 0.419 e. The molecule has 0 unspecified atom stereocenters. The van der Waals surface area contributed by atoms with Crippen molar-refractivity contribution in [1.29, 1.82) is 0 Å². The lowest BCUT2D eigenvalue weighted by molar-refractivity contribution is -0.0212. The summed E-state index contributed by atoms with van der Waals surface area (Å²) >= 11 is 1.26. The third kappa shape index (κ3) is 6.24. The first-order valence-corrected chi connectivity index (χ1v) is 14.9. The maximum atomic E-state index is 14.0. The summed E-state index contributed by atoms with van der Waals surface area (Å²) in [5.74, 6) is 0. The van der Waals surface area contributed by atoms with Crippen LogP contribution in [-0.4, -0.2) is 80.9 Å². The number of ether oxygens (including phenoxy) is 3. The Morgan fingerprint density at radius 1 is 1.05 bits per heavy atom. The van der Waals surface area contributed by atoms with E-state index < -0.39 is 42.4 Å². The third-order valence-corrected chi connectivity index (χ3v) is 8.06. The van der Waals surface area contributed by atoms with Gasteiger partial charge in [-0.25, -0.2) is 27.9 Å². The second-order valence-corrected chi connectivity index (χ2v) is 13.9. The summed E-state index contributed by atoms with van der Waals surface area (Å²) in [5.41, 5.74) is 0.831. The lowest BCUT2D eigenvalue weighted by Gasteiger charge is -2.40. The van der Waals surface area contributed by atoms with Gasteiger partial charge in [0.2, 0.25) is 0 Å². The summed E-state index contributed by atoms with van der Waals surface area (Å²) in [6.45, 7) is 13.0. The van der Waals surface area contributed by atoms with Crippen LogP contribution < -0.4 is 4.74 Å². The molecule has 3 aromatic rings. The van der Waals surface area contributed by atoms with Gasteiger partial charge in [-0.1, -0.05) is 29.5 Å². The van der Waals surface area contributed by atoms with Crippen molar-refractivity contribution in [3.63, 3.8) is 0 Å². The fourth-order valence-electron chi connectivity index (χ4n) is 5.47. The topological polar surface area (TPSA) is 86.1 Å². The van der Waals surface area contributed by atoms with Crippen LogP contribution in [0.1, 0.15) is 70.8 Å². The van der Waals surface area contributed by atoms with Crippen molar-refractivity contribution in [1.82, 2.24) is 19.4 Å². The van der Waals surface area contributed by atoms with Gasteiger partial charge in [-0.3, -0.25) is 4.90 Å². The van der Waals surface area contributed by atoms with Crippen LogP contribution in [0.25, 0.3) is 10.9 Å².